The van der Waals surface area contributed by atoms with Crippen LogP contribution >= 0.6 is 0 Å². The van der Waals surface area contributed by atoms with Crippen LogP contribution in [0.5, 0.6) is 11.5 Å². The predicted octanol–water partition coefficient (Wildman–Crippen LogP) is 2.53. The summed E-state index contributed by atoms with van der Waals surface area (Å²) in [6.45, 7) is 5.77. The minimum Gasteiger partial charge on any atom is -0.497 e. The Hall–Kier alpha value is -1.26. The van der Waals surface area contributed by atoms with Crippen LogP contribution in [0.2, 0.25) is 0 Å². The fourth-order valence-corrected chi connectivity index (χ4v) is 1.92. The maximum atomic E-state index is 5.90. The summed E-state index contributed by atoms with van der Waals surface area (Å²) in [5, 5.41) is 3.41. The lowest BCUT2D eigenvalue weighted by Gasteiger charge is -2.14. The van der Waals surface area contributed by atoms with Crippen LogP contribution in [-0.4, -0.2) is 45.8 Å². The molecule has 0 radical (unpaired) electrons. The molecule has 0 aliphatic heterocycles. The highest BCUT2D eigenvalue weighted by Crippen LogP contribution is 2.24. The fraction of sp³-hybridized carbons (Fsp3) is 0.625. The second-order valence-corrected chi connectivity index (χ2v) is 5.16. The average Bonchev–Trinajstić information content (AvgIpc) is 2.44. The zero-order chi connectivity index (χ0) is 14.8. The van der Waals surface area contributed by atoms with E-state index in [0.29, 0.717) is 0 Å². The van der Waals surface area contributed by atoms with E-state index in [4.69, 9.17) is 9.47 Å². The van der Waals surface area contributed by atoms with E-state index in [1.54, 1.807) is 7.11 Å². The minimum absolute atomic E-state index is 0.741. The molecule has 0 aliphatic carbocycles. The van der Waals surface area contributed by atoms with E-state index < -0.39 is 0 Å². The van der Waals surface area contributed by atoms with E-state index in [-0.39, 0.29) is 0 Å². The van der Waals surface area contributed by atoms with Crippen LogP contribution in [0.4, 0.5) is 0 Å². The number of hydrogen-bond acceptors (Lipinski definition) is 4. The van der Waals surface area contributed by atoms with Gasteiger partial charge in [0.15, 0.2) is 0 Å². The van der Waals surface area contributed by atoms with Crippen LogP contribution in [0, 0.1) is 0 Å². The molecule has 114 valence electrons. The van der Waals surface area contributed by atoms with Crippen molar-refractivity contribution in [1.82, 2.24) is 10.2 Å². The molecule has 0 aromatic heterocycles. The van der Waals surface area contributed by atoms with E-state index in [0.717, 1.165) is 56.1 Å². The molecule has 20 heavy (non-hydrogen) atoms. The molecule has 0 bridgehead atoms. The van der Waals surface area contributed by atoms with E-state index in [1.165, 1.54) is 0 Å². The summed E-state index contributed by atoms with van der Waals surface area (Å²) in [7, 11) is 5.84. The monoisotopic (exact) mass is 280 g/mol. The van der Waals surface area contributed by atoms with Gasteiger partial charge in [-0.1, -0.05) is 6.92 Å². The second-order valence-electron chi connectivity index (χ2n) is 5.16. The van der Waals surface area contributed by atoms with Gasteiger partial charge in [-0.2, -0.15) is 0 Å². The van der Waals surface area contributed by atoms with E-state index >= 15 is 0 Å². The number of nitrogens with zero attached hydrogens (tertiary/aromatic N) is 1. The molecule has 0 spiro atoms. The maximum absolute atomic E-state index is 5.90. The predicted molar refractivity (Wildman–Crippen MR) is 83.7 cm³/mol. The van der Waals surface area contributed by atoms with Gasteiger partial charge in [-0.3, -0.25) is 0 Å². The number of ether oxygens (including phenoxy) is 2. The summed E-state index contributed by atoms with van der Waals surface area (Å²) in [6, 6.07) is 5.99. The Labute approximate surface area is 123 Å². The third-order valence-electron chi connectivity index (χ3n) is 3.02. The summed E-state index contributed by atoms with van der Waals surface area (Å²) in [5.74, 6) is 1.83. The molecule has 0 atom stereocenters. The SMILES string of the molecule is CCCNCc1cc(OC)ccc1OCCCN(C)C. The smallest absolute Gasteiger partial charge is 0.124 e. The minimum atomic E-state index is 0.741. The first-order valence-corrected chi connectivity index (χ1v) is 7.32. The molecule has 0 unspecified atom stereocenters. The topological polar surface area (TPSA) is 33.7 Å². The number of methoxy groups -OCH3 is 1. The van der Waals surface area contributed by atoms with Crippen LogP contribution in [0.1, 0.15) is 25.3 Å². The summed E-state index contributed by atoms with van der Waals surface area (Å²) in [4.78, 5) is 2.17. The van der Waals surface area contributed by atoms with E-state index in [2.05, 4.69) is 31.2 Å². The third-order valence-corrected chi connectivity index (χ3v) is 3.02. The lowest BCUT2D eigenvalue weighted by Crippen LogP contribution is -2.17. The Bertz CT molecular complexity index is 381. The highest BCUT2D eigenvalue weighted by atomic mass is 16.5. The molecule has 1 N–H and O–H groups in total. The first kappa shape index (κ1) is 16.8. The molecule has 0 heterocycles. The lowest BCUT2D eigenvalue weighted by atomic mass is 10.2. The van der Waals surface area contributed by atoms with Gasteiger partial charge in [0.05, 0.1) is 13.7 Å². The van der Waals surface area contributed by atoms with Gasteiger partial charge in [0.25, 0.3) is 0 Å². The summed E-state index contributed by atoms with van der Waals surface area (Å²) >= 11 is 0. The first-order chi connectivity index (χ1) is 9.67. The first-order valence-electron chi connectivity index (χ1n) is 7.32. The van der Waals surface area contributed by atoms with Gasteiger partial charge in [0, 0.05) is 18.7 Å². The molecule has 1 aromatic rings. The number of rotatable bonds is 10. The van der Waals surface area contributed by atoms with Gasteiger partial charge in [-0.15, -0.1) is 0 Å². The van der Waals surface area contributed by atoms with Crippen molar-refractivity contribution in [2.75, 3.05) is 40.9 Å². The van der Waals surface area contributed by atoms with Gasteiger partial charge in [-0.25, -0.2) is 0 Å². The Morgan fingerprint density at radius 3 is 2.70 bits per heavy atom. The van der Waals surface area contributed by atoms with Crippen molar-refractivity contribution in [3.8, 4) is 11.5 Å². The molecule has 0 amide bonds. The maximum Gasteiger partial charge on any atom is 0.124 e. The Balaban J connectivity index is 2.57. The van der Waals surface area contributed by atoms with Crippen LogP contribution < -0.4 is 14.8 Å². The van der Waals surface area contributed by atoms with Gasteiger partial charge in [-0.05, 0) is 51.7 Å². The molecule has 0 fully saturated rings. The molecule has 0 aliphatic rings. The van der Waals surface area contributed by atoms with Crippen LogP contribution in [0.25, 0.3) is 0 Å². The molecular formula is C16H28N2O2. The quantitative estimate of drug-likeness (QED) is 0.668. The molecule has 4 heteroatoms. The summed E-state index contributed by atoms with van der Waals surface area (Å²) in [5.41, 5.74) is 1.16. The highest BCUT2D eigenvalue weighted by molar-refractivity contribution is 5.40. The summed E-state index contributed by atoms with van der Waals surface area (Å²) < 4.78 is 11.2. The van der Waals surface area contributed by atoms with Crippen molar-refractivity contribution >= 4 is 0 Å². The molecule has 4 nitrogen and oxygen atoms in total. The Morgan fingerprint density at radius 1 is 1.25 bits per heavy atom. The standard InChI is InChI=1S/C16H28N2O2/c1-5-9-17-13-14-12-15(19-4)7-8-16(14)20-11-6-10-18(2)3/h7-8,12,17H,5-6,9-11,13H2,1-4H3. The van der Waals surface area contributed by atoms with Gasteiger partial charge in [0.1, 0.15) is 11.5 Å². The van der Waals surface area contributed by atoms with Crippen molar-refractivity contribution in [2.24, 2.45) is 0 Å². The zero-order valence-electron chi connectivity index (χ0n) is 13.2. The molecule has 1 aromatic carbocycles. The van der Waals surface area contributed by atoms with Crippen LogP contribution in [-0.2, 0) is 6.54 Å². The van der Waals surface area contributed by atoms with Gasteiger partial charge < -0.3 is 19.7 Å². The Kier molecular flexibility index (Phi) is 8.07. The molecular weight excluding hydrogens is 252 g/mol. The van der Waals surface area contributed by atoms with Crippen LogP contribution in [0.3, 0.4) is 0 Å². The van der Waals surface area contributed by atoms with Crippen molar-refractivity contribution < 1.29 is 9.47 Å². The van der Waals surface area contributed by atoms with Gasteiger partial charge >= 0.3 is 0 Å². The van der Waals surface area contributed by atoms with Crippen molar-refractivity contribution in [1.29, 1.82) is 0 Å². The largest absolute Gasteiger partial charge is 0.497 e. The second kappa shape index (κ2) is 9.61. The average molecular weight is 280 g/mol. The van der Waals surface area contributed by atoms with Crippen LogP contribution in [0.15, 0.2) is 18.2 Å². The number of hydrogen-bond donors (Lipinski definition) is 1. The lowest BCUT2D eigenvalue weighted by molar-refractivity contribution is 0.278. The fourth-order valence-electron chi connectivity index (χ4n) is 1.92. The van der Waals surface area contributed by atoms with E-state index in [1.807, 2.05) is 18.2 Å². The van der Waals surface area contributed by atoms with Crippen molar-refractivity contribution in [3.05, 3.63) is 23.8 Å². The molecule has 1 rings (SSSR count). The summed E-state index contributed by atoms with van der Waals surface area (Å²) in [6.07, 6.45) is 2.16. The molecule has 0 saturated carbocycles. The highest BCUT2D eigenvalue weighted by Gasteiger charge is 2.06. The van der Waals surface area contributed by atoms with Crippen molar-refractivity contribution in [3.63, 3.8) is 0 Å². The van der Waals surface area contributed by atoms with Gasteiger partial charge in [0.2, 0.25) is 0 Å². The number of nitrogens with one attached hydrogen (secondary N) is 1. The molecule has 0 saturated heterocycles. The van der Waals surface area contributed by atoms with E-state index in [9.17, 15) is 0 Å². The number of benzene rings is 1. The van der Waals surface area contributed by atoms with Crippen molar-refractivity contribution in [2.45, 2.75) is 26.3 Å². The zero-order valence-corrected chi connectivity index (χ0v) is 13.2. The third kappa shape index (κ3) is 6.26. The Morgan fingerprint density at radius 2 is 2.05 bits per heavy atom. The normalized spacial score (nSPS) is 10.8.